The Balaban J connectivity index is 1.58. The minimum Gasteiger partial charge on any atom is -0.414 e. The highest BCUT2D eigenvalue weighted by Gasteiger charge is 2.23. The van der Waals surface area contributed by atoms with Gasteiger partial charge in [-0.1, -0.05) is 11.6 Å². The third kappa shape index (κ3) is 5.06. The molecule has 0 atom stereocenters. The lowest BCUT2D eigenvalue weighted by atomic mass is 10.1. The van der Waals surface area contributed by atoms with Crippen molar-refractivity contribution < 1.29 is 13.9 Å². The second kappa shape index (κ2) is 9.50. The highest BCUT2D eigenvalue weighted by molar-refractivity contribution is 6.34. The van der Waals surface area contributed by atoms with E-state index < -0.39 is 6.09 Å². The Labute approximate surface area is 186 Å². The molecule has 4 rings (SSSR count). The van der Waals surface area contributed by atoms with Gasteiger partial charge < -0.3 is 23.9 Å². The molecule has 0 unspecified atom stereocenters. The van der Waals surface area contributed by atoms with Crippen molar-refractivity contribution in [3.63, 3.8) is 0 Å². The minimum atomic E-state index is -0.694. The molecule has 164 valence electrons. The first-order valence-electron chi connectivity index (χ1n) is 10.5. The number of piperazine rings is 1. The first-order chi connectivity index (χ1) is 15.0. The van der Waals surface area contributed by atoms with Gasteiger partial charge in [0.25, 0.3) is 5.95 Å². The Bertz CT molecular complexity index is 972. The lowest BCUT2D eigenvalue weighted by Crippen LogP contribution is -2.44. The van der Waals surface area contributed by atoms with E-state index >= 15 is 0 Å². The maximum absolute atomic E-state index is 12.5. The number of ether oxygens (including phenoxy) is 1. The first kappa shape index (κ1) is 21.3. The van der Waals surface area contributed by atoms with E-state index in [1.54, 1.807) is 6.07 Å². The normalized spacial score (nSPS) is 17.3. The van der Waals surface area contributed by atoms with Crippen molar-refractivity contribution in [3.05, 3.63) is 35.0 Å². The standard InChI is InChI=1S/C22H26ClN5O3/c1-26-9-11-28(12-10-26)19-14-20(27-7-3-2-4-8-27)18(13-17(19)23)25-22(29)31-21-6-5-16(15-24)30-21/h5-6,13-14H,2-4,7-12H2,1H3,(H,25,29). The van der Waals surface area contributed by atoms with Crippen LogP contribution in [0.3, 0.4) is 0 Å². The molecule has 1 aromatic heterocycles. The molecule has 0 radical (unpaired) electrons. The summed E-state index contributed by atoms with van der Waals surface area (Å²) in [5, 5.41) is 12.2. The lowest BCUT2D eigenvalue weighted by Gasteiger charge is -2.36. The number of furan rings is 1. The van der Waals surface area contributed by atoms with Gasteiger partial charge in [0.05, 0.1) is 22.1 Å². The summed E-state index contributed by atoms with van der Waals surface area (Å²) in [5.74, 6) is 0.0464. The number of likely N-dealkylation sites (N-methyl/N-ethyl adjacent to an activating group) is 1. The van der Waals surface area contributed by atoms with E-state index in [-0.39, 0.29) is 11.7 Å². The smallest absolute Gasteiger partial charge is 0.414 e. The van der Waals surface area contributed by atoms with Gasteiger partial charge in [0, 0.05) is 45.3 Å². The number of piperidine rings is 1. The van der Waals surface area contributed by atoms with Gasteiger partial charge in [-0.25, -0.2) is 4.79 Å². The summed E-state index contributed by atoms with van der Waals surface area (Å²) in [6.45, 7) is 5.63. The summed E-state index contributed by atoms with van der Waals surface area (Å²) in [5.41, 5.74) is 2.52. The molecule has 0 bridgehead atoms. The predicted octanol–water partition coefficient (Wildman–Crippen LogP) is 4.16. The Morgan fingerprint density at radius 1 is 1.06 bits per heavy atom. The molecule has 0 aliphatic carbocycles. The van der Waals surface area contributed by atoms with Crippen LogP contribution in [0.25, 0.3) is 0 Å². The van der Waals surface area contributed by atoms with E-state index in [0.717, 1.165) is 63.5 Å². The molecule has 0 spiro atoms. The molecule has 2 aliphatic rings. The molecular formula is C22H26ClN5O3. The predicted molar refractivity (Wildman–Crippen MR) is 120 cm³/mol. The number of amides is 1. The molecule has 3 heterocycles. The van der Waals surface area contributed by atoms with Crippen LogP contribution in [0.4, 0.5) is 21.9 Å². The van der Waals surface area contributed by atoms with Gasteiger partial charge >= 0.3 is 6.09 Å². The van der Waals surface area contributed by atoms with Gasteiger partial charge in [-0.3, -0.25) is 5.32 Å². The number of nitrogens with zero attached hydrogens (tertiary/aromatic N) is 4. The summed E-state index contributed by atoms with van der Waals surface area (Å²) >= 11 is 6.66. The largest absolute Gasteiger partial charge is 0.419 e. The SMILES string of the molecule is CN1CCN(c2cc(N3CCCCC3)c(NC(=O)Oc3ccc(C#N)o3)cc2Cl)CC1. The quantitative estimate of drug-likeness (QED) is 0.759. The third-order valence-electron chi connectivity index (χ3n) is 5.73. The van der Waals surface area contributed by atoms with Gasteiger partial charge in [0.2, 0.25) is 5.76 Å². The molecule has 2 saturated heterocycles. The second-order valence-corrected chi connectivity index (χ2v) is 8.31. The zero-order valence-electron chi connectivity index (χ0n) is 17.6. The van der Waals surface area contributed by atoms with Gasteiger partial charge in [-0.2, -0.15) is 5.26 Å². The number of hydrogen-bond donors (Lipinski definition) is 1. The van der Waals surface area contributed by atoms with Crippen LogP contribution in [-0.4, -0.2) is 57.3 Å². The van der Waals surface area contributed by atoms with Crippen molar-refractivity contribution in [3.8, 4) is 12.0 Å². The Hall–Kier alpha value is -2.89. The molecule has 1 aromatic carbocycles. The number of nitrogens with one attached hydrogen (secondary N) is 1. The molecule has 2 fully saturated rings. The van der Waals surface area contributed by atoms with Crippen LogP contribution in [0, 0.1) is 11.3 Å². The number of carbonyl (C=O) groups is 1. The summed E-state index contributed by atoms with van der Waals surface area (Å²) in [6.07, 6.45) is 2.74. The van der Waals surface area contributed by atoms with E-state index in [1.165, 1.54) is 18.6 Å². The fourth-order valence-electron chi connectivity index (χ4n) is 4.00. The molecule has 1 N–H and O–H groups in total. The number of halogens is 1. The van der Waals surface area contributed by atoms with Crippen molar-refractivity contribution in [2.75, 3.05) is 61.4 Å². The molecule has 0 saturated carbocycles. The Kier molecular flexibility index (Phi) is 6.54. The fourth-order valence-corrected chi connectivity index (χ4v) is 4.28. The number of nitriles is 1. The Morgan fingerprint density at radius 3 is 2.45 bits per heavy atom. The molecule has 9 heteroatoms. The topological polar surface area (TPSA) is 85.0 Å². The molecule has 1 amide bonds. The number of benzene rings is 1. The van der Waals surface area contributed by atoms with Crippen LogP contribution < -0.4 is 19.9 Å². The summed E-state index contributed by atoms with van der Waals surface area (Å²) in [4.78, 5) is 19.4. The van der Waals surface area contributed by atoms with E-state index in [2.05, 4.69) is 33.1 Å². The van der Waals surface area contributed by atoms with Crippen molar-refractivity contribution in [2.45, 2.75) is 19.3 Å². The van der Waals surface area contributed by atoms with Crippen LogP contribution in [0.1, 0.15) is 25.0 Å². The molecule has 8 nitrogen and oxygen atoms in total. The van der Waals surface area contributed by atoms with Crippen LogP contribution >= 0.6 is 11.6 Å². The number of hydrogen-bond acceptors (Lipinski definition) is 7. The van der Waals surface area contributed by atoms with Crippen molar-refractivity contribution >= 4 is 34.8 Å². The highest BCUT2D eigenvalue weighted by atomic mass is 35.5. The second-order valence-electron chi connectivity index (χ2n) is 7.90. The molecule has 2 aromatic rings. The average Bonchev–Trinajstić information content (AvgIpc) is 3.23. The zero-order chi connectivity index (χ0) is 21.8. The van der Waals surface area contributed by atoms with Crippen LogP contribution in [0.15, 0.2) is 28.7 Å². The van der Waals surface area contributed by atoms with E-state index in [1.807, 2.05) is 6.07 Å². The van der Waals surface area contributed by atoms with Crippen molar-refractivity contribution in [1.29, 1.82) is 5.26 Å². The highest BCUT2D eigenvalue weighted by Crippen LogP contribution is 2.38. The van der Waals surface area contributed by atoms with Crippen molar-refractivity contribution in [2.24, 2.45) is 0 Å². The van der Waals surface area contributed by atoms with Crippen molar-refractivity contribution in [1.82, 2.24) is 4.90 Å². The number of rotatable bonds is 4. The average molecular weight is 444 g/mol. The maximum atomic E-state index is 12.5. The Morgan fingerprint density at radius 2 is 1.77 bits per heavy atom. The third-order valence-corrected chi connectivity index (χ3v) is 6.03. The van der Waals surface area contributed by atoms with E-state index in [0.29, 0.717) is 10.7 Å². The lowest BCUT2D eigenvalue weighted by molar-refractivity contribution is 0.202. The summed E-state index contributed by atoms with van der Waals surface area (Å²) in [6, 6.07) is 8.62. The van der Waals surface area contributed by atoms with Crippen LogP contribution in [0.2, 0.25) is 5.02 Å². The minimum absolute atomic E-state index is 0.0336. The maximum Gasteiger partial charge on any atom is 0.419 e. The monoisotopic (exact) mass is 443 g/mol. The van der Waals surface area contributed by atoms with Gasteiger partial charge in [0.15, 0.2) is 0 Å². The zero-order valence-corrected chi connectivity index (χ0v) is 18.3. The van der Waals surface area contributed by atoms with E-state index in [9.17, 15) is 4.79 Å². The first-order valence-corrected chi connectivity index (χ1v) is 10.9. The molecule has 31 heavy (non-hydrogen) atoms. The number of carbonyl (C=O) groups excluding carboxylic acids is 1. The van der Waals surface area contributed by atoms with Gasteiger partial charge in [-0.05, 0) is 44.5 Å². The van der Waals surface area contributed by atoms with Gasteiger partial charge in [-0.15, -0.1) is 0 Å². The fraction of sp³-hybridized carbons (Fsp3) is 0.455. The van der Waals surface area contributed by atoms with Gasteiger partial charge in [0.1, 0.15) is 6.07 Å². The van der Waals surface area contributed by atoms with Crippen LogP contribution in [-0.2, 0) is 0 Å². The van der Waals surface area contributed by atoms with Crippen LogP contribution in [0.5, 0.6) is 5.95 Å². The summed E-state index contributed by atoms with van der Waals surface area (Å²) < 4.78 is 10.3. The summed E-state index contributed by atoms with van der Waals surface area (Å²) in [7, 11) is 2.12. The molecular weight excluding hydrogens is 418 g/mol. The molecule has 2 aliphatic heterocycles. The van der Waals surface area contributed by atoms with E-state index in [4.69, 9.17) is 26.0 Å². The number of anilines is 3.